The molecule has 2 heterocycles. The van der Waals surface area contributed by atoms with Gasteiger partial charge in [-0.15, -0.1) is 10.2 Å². The molecular weight excluding hydrogens is 160 g/mol. The Bertz CT molecular complexity index is 477. The van der Waals surface area contributed by atoms with E-state index in [9.17, 15) is 4.79 Å². The molecule has 2 aromatic heterocycles. The number of hydrogen-bond donors (Lipinski definition) is 2. The van der Waals surface area contributed by atoms with Crippen LogP contribution >= 0.6 is 0 Å². The molecule has 0 saturated heterocycles. The molecule has 0 radical (unpaired) electrons. The third-order valence-electron chi connectivity index (χ3n) is 1.31. The molecule has 0 fully saturated rings. The van der Waals surface area contributed by atoms with Crippen molar-refractivity contribution in [2.45, 2.75) is 0 Å². The van der Waals surface area contributed by atoms with Gasteiger partial charge in [-0.05, 0) is 0 Å². The third kappa shape index (κ3) is 0.875. The maximum absolute atomic E-state index is 10.8. The number of anilines is 1. The first-order valence-corrected chi connectivity index (χ1v) is 3.10. The predicted molar refractivity (Wildman–Crippen MR) is 40.2 cm³/mol. The summed E-state index contributed by atoms with van der Waals surface area (Å²) >= 11 is 0. The lowest BCUT2D eigenvalue weighted by molar-refractivity contribution is 0.976. The van der Waals surface area contributed by atoms with Crippen LogP contribution in [0.2, 0.25) is 0 Å². The van der Waals surface area contributed by atoms with Gasteiger partial charge in [-0.1, -0.05) is 0 Å². The topological polar surface area (TPSA) is 110 Å². The number of H-pyrrole nitrogens is 1. The zero-order valence-electron chi connectivity index (χ0n) is 5.85. The van der Waals surface area contributed by atoms with Crippen molar-refractivity contribution < 1.29 is 0 Å². The molecule has 60 valence electrons. The van der Waals surface area contributed by atoms with E-state index in [1.807, 2.05) is 0 Å². The molecular formula is C5H4N6O. The Morgan fingerprint density at radius 2 is 2.33 bits per heavy atom. The van der Waals surface area contributed by atoms with Crippen molar-refractivity contribution in [2.75, 3.05) is 5.73 Å². The van der Waals surface area contributed by atoms with Crippen LogP contribution in [0, 0.1) is 0 Å². The van der Waals surface area contributed by atoms with E-state index in [0.29, 0.717) is 5.52 Å². The van der Waals surface area contributed by atoms with Crippen LogP contribution in [0.4, 0.5) is 5.82 Å². The average Bonchev–Trinajstić information content (AvgIpc) is 2.04. The Labute approximate surface area is 65.7 Å². The van der Waals surface area contributed by atoms with Crippen LogP contribution in [0.15, 0.2) is 11.1 Å². The Morgan fingerprint density at radius 1 is 1.50 bits per heavy atom. The minimum atomic E-state index is -0.553. The second-order valence-corrected chi connectivity index (χ2v) is 2.08. The lowest BCUT2D eigenvalue weighted by atomic mass is 10.5. The number of rotatable bonds is 0. The SMILES string of the molecule is Nc1nc(=O)[nH]c2nncnc12. The number of nitrogens with two attached hydrogens (primary N) is 1. The molecule has 0 aliphatic rings. The van der Waals surface area contributed by atoms with Gasteiger partial charge in [-0.3, -0.25) is 4.98 Å². The predicted octanol–water partition coefficient (Wildman–Crippen LogP) is -1.31. The summed E-state index contributed by atoms with van der Waals surface area (Å²) in [5.74, 6) is 0.0589. The molecule has 0 saturated carbocycles. The molecule has 3 N–H and O–H groups in total. The minimum absolute atomic E-state index is 0.0589. The lowest BCUT2D eigenvalue weighted by Gasteiger charge is -1.94. The number of aromatic amines is 1. The van der Waals surface area contributed by atoms with Crippen LogP contribution in [-0.4, -0.2) is 25.1 Å². The smallest absolute Gasteiger partial charge is 0.348 e. The Morgan fingerprint density at radius 3 is 3.17 bits per heavy atom. The number of nitrogen functional groups attached to an aromatic ring is 1. The Kier molecular flexibility index (Phi) is 1.23. The summed E-state index contributed by atoms with van der Waals surface area (Å²) in [5.41, 5.74) is 5.44. The van der Waals surface area contributed by atoms with Gasteiger partial charge >= 0.3 is 5.69 Å². The summed E-state index contributed by atoms with van der Waals surface area (Å²) < 4.78 is 0. The van der Waals surface area contributed by atoms with E-state index in [1.54, 1.807) is 0 Å². The van der Waals surface area contributed by atoms with Gasteiger partial charge in [0.05, 0.1) is 0 Å². The molecule has 0 spiro atoms. The highest BCUT2D eigenvalue weighted by atomic mass is 16.1. The zero-order chi connectivity index (χ0) is 8.55. The molecule has 0 aliphatic carbocycles. The molecule has 2 rings (SSSR count). The largest absolute Gasteiger partial charge is 0.382 e. The van der Waals surface area contributed by atoms with E-state index in [2.05, 4.69) is 25.1 Å². The monoisotopic (exact) mass is 164 g/mol. The van der Waals surface area contributed by atoms with Crippen LogP contribution in [-0.2, 0) is 0 Å². The van der Waals surface area contributed by atoms with Crippen molar-refractivity contribution in [3.8, 4) is 0 Å². The van der Waals surface area contributed by atoms with Crippen molar-refractivity contribution in [1.82, 2.24) is 25.1 Å². The summed E-state index contributed by atoms with van der Waals surface area (Å²) in [7, 11) is 0. The maximum atomic E-state index is 10.8. The van der Waals surface area contributed by atoms with Gasteiger partial charge < -0.3 is 5.73 Å². The van der Waals surface area contributed by atoms with Crippen molar-refractivity contribution in [3.63, 3.8) is 0 Å². The van der Waals surface area contributed by atoms with Crippen LogP contribution in [0.1, 0.15) is 0 Å². The van der Waals surface area contributed by atoms with E-state index in [1.165, 1.54) is 6.33 Å². The summed E-state index contributed by atoms with van der Waals surface area (Å²) in [6.45, 7) is 0. The quantitative estimate of drug-likeness (QED) is 0.500. The van der Waals surface area contributed by atoms with Crippen molar-refractivity contribution in [2.24, 2.45) is 0 Å². The molecule has 2 aromatic rings. The molecule has 0 unspecified atom stereocenters. The van der Waals surface area contributed by atoms with Gasteiger partial charge in [-0.25, -0.2) is 9.78 Å². The fourth-order valence-corrected chi connectivity index (χ4v) is 0.839. The van der Waals surface area contributed by atoms with E-state index < -0.39 is 5.69 Å². The van der Waals surface area contributed by atoms with Gasteiger partial charge in [0.25, 0.3) is 0 Å². The number of aromatic nitrogens is 5. The maximum Gasteiger partial charge on any atom is 0.348 e. The number of nitrogens with one attached hydrogen (secondary N) is 1. The molecule has 0 amide bonds. The standard InChI is InChI=1S/C5H4N6O/c6-3-2-4(10-5(12)9-3)11-8-1-7-2/h1H,(H3,6,9,10,11,12). The molecule has 7 nitrogen and oxygen atoms in total. The van der Waals surface area contributed by atoms with E-state index in [4.69, 9.17) is 5.73 Å². The van der Waals surface area contributed by atoms with Crippen LogP contribution in [0.25, 0.3) is 11.2 Å². The van der Waals surface area contributed by atoms with Crippen molar-refractivity contribution in [3.05, 3.63) is 16.8 Å². The normalized spacial score (nSPS) is 10.3. The second-order valence-electron chi connectivity index (χ2n) is 2.08. The summed E-state index contributed by atoms with van der Waals surface area (Å²) in [6.07, 6.45) is 1.23. The third-order valence-corrected chi connectivity index (χ3v) is 1.31. The van der Waals surface area contributed by atoms with E-state index in [0.717, 1.165) is 0 Å². The first kappa shape index (κ1) is 6.65. The fraction of sp³-hybridized carbons (Fsp3) is 0. The molecule has 0 bridgehead atoms. The molecule has 0 aromatic carbocycles. The zero-order valence-corrected chi connectivity index (χ0v) is 5.85. The molecule has 0 aliphatic heterocycles. The minimum Gasteiger partial charge on any atom is -0.382 e. The van der Waals surface area contributed by atoms with Crippen LogP contribution < -0.4 is 11.4 Å². The number of fused-ring (bicyclic) bond motifs is 1. The van der Waals surface area contributed by atoms with Crippen molar-refractivity contribution in [1.29, 1.82) is 0 Å². The number of hydrogen-bond acceptors (Lipinski definition) is 6. The molecule has 12 heavy (non-hydrogen) atoms. The summed E-state index contributed by atoms with van der Waals surface area (Å²) in [6, 6.07) is 0. The van der Waals surface area contributed by atoms with E-state index in [-0.39, 0.29) is 11.5 Å². The molecule has 0 atom stereocenters. The second kappa shape index (κ2) is 2.22. The van der Waals surface area contributed by atoms with Gasteiger partial charge in [-0.2, -0.15) is 4.98 Å². The average molecular weight is 164 g/mol. The lowest BCUT2D eigenvalue weighted by Crippen LogP contribution is -2.14. The Hall–Kier alpha value is -2.05. The van der Waals surface area contributed by atoms with Gasteiger partial charge in [0, 0.05) is 0 Å². The van der Waals surface area contributed by atoms with Crippen LogP contribution in [0.5, 0.6) is 0 Å². The first-order chi connectivity index (χ1) is 5.77. The van der Waals surface area contributed by atoms with Crippen LogP contribution in [0.3, 0.4) is 0 Å². The van der Waals surface area contributed by atoms with Crippen molar-refractivity contribution >= 4 is 17.0 Å². The highest BCUT2D eigenvalue weighted by Gasteiger charge is 2.02. The summed E-state index contributed by atoms with van der Waals surface area (Å²) in [4.78, 5) is 20.3. The first-order valence-electron chi connectivity index (χ1n) is 3.10. The molecule has 7 heteroatoms. The number of nitrogens with zero attached hydrogens (tertiary/aromatic N) is 4. The Balaban J connectivity index is 2.99. The fourth-order valence-electron chi connectivity index (χ4n) is 0.839. The van der Waals surface area contributed by atoms with E-state index >= 15 is 0 Å². The highest BCUT2D eigenvalue weighted by molar-refractivity contribution is 5.79. The van der Waals surface area contributed by atoms with Gasteiger partial charge in [0.15, 0.2) is 17.0 Å². The van der Waals surface area contributed by atoms with Gasteiger partial charge in [0.1, 0.15) is 6.33 Å². The van der Waals surface area contributed by atoms with Gasteiger partial charge in [0.2, 0.25) is 0 Å². The summed E-state index contributed by atoms with van der Waals surface area (Å²) in [5, 5.41) is 7.10. The highest BCUT2D eigenvalue weighted by Crippen LogP contribution is 2.05.